The van der Waals surface area contributed by atoms with Crippen molar-refractivity contribution in [2.45, 2.75) is 19.9 Å². The zero-order valence-electron chi connectivity index (χ0n) is 14.9. The monoisotopic (exact) mass is 375 g/mol. The van der Waals surface area contributed by atoms with Gasteiger partial charge in [-0.15, -0.1) is 0 Å². The van der Waals surface area contributed by atoms with Crippen LogP contribution in [0.15, 0.2) is 54.7 Å². The van der Waals surface area contributed by atoms with E-state index in [2.05, 4.69) is 18.2 Å². The lowest BCUT2D eigenvalue weighted by molar-refractivity contribution is 0.0726. The largest absolute Gasteiger partial charge is 0.333 e. The number of aryl methyl sites for hydroxylation is 1. The molecule has 0 atom stereocenters. The molecule has 27 heavy (non-hydrogen) atoms. The maximum absolute atomic E-state index is 13.4. The number of carbonyl (C=O) groups excluding carboxylic acids is 1. The van der Waals surface area contributed by atoms with Gasteiger partial charge in [0.05, 0.1) is 5.56 Å². The molecule has 1 aliphatic rings. The van der Waals surface area contributed by atoms with Gasteiger partial charge >= 0.3 is 0 Å². The Morgan fingerprint density at radius 1 is 1.15 bits per heavy atom. The van der Waals surface area contributed by atoms with E-state index < -0.39 is 0 Å². The van der Waals surface area contributed by atoms with Crippen LogP contribution in [-0.2, 0) is 13.0 Å². The molecule has 0 unspecified atom stereocenters. The second kappa shape index (κ2) is 6.94. The average molecular weight is 376 g/mol. The van der Waals surface area contributed by atoms with Gasteiger partial charge in [-0.1, -0.05) is 35.9 Å². The van der Waals surface area contributed by atoms with Crippen LogP contribution in [0.4, 0.5) is 0 Å². The van der Waals surface area contributed by atoms with Crippen molar-refractivity contribution in [1.29, 1.82) is 5.26 Å². The minimum Gasteiger partial charge on any atom is -0.333 e. The lowest BCUT2D eigenvalue weighted by atomic mass is 9.99. The second-order valence-electron chi connectivity index (χ2n) is 6.74. The summed E-state index contributed by atoms with van der Waals surface area (Å²) in [5.74, 6) is -0.125. The number of carbonyl (C=O) groups is 1. The van der Waals surface area contributed by atoms with Crippen molar-refractivity contribution in [1.82, 2.24) is 9.47 Å². The van der Waals surface area contributed by atoms with E-state index in [4.69, 9.17) is 11.6 Å². The molecule has 0 spiro atoms. The summed E-state index contributed by atoms with van der Waals surface area (Å²) in [4.78, 5) is 15.2. The minimum absolute atomic E-state index is 0.125. The molecule has 4 nitrogen and oxygen atoms in total. The van der Waals surface area contributed by atoms with Crippen LogP contribution in [0.2, 0.25) is 5.02 Å². The summed E-state index contributed by atoms with van der Waals surface area (Å²) in [5.41, 5.74) is 5.03. The smallest absolute Gasteiger partial charge is 0.272 e. The first-order chi connectivity index (χ1) is 13.1. The number of benzene rings is 2. The van der Waals surface area contributed by atoms with Crippen LogP contribution in [0, 0.1) is 18.3 Å². The zero-order valence-corrected chi connectivity index (χ0v) is 15.7. The van der Waals surface area contributed by atoms with E-state index in [-0.39, 0.29) is 5.91 Å². The van der Waals surface area contributed by atoms with Crippen LogP contribution in [-0.4, -0.2) is 21.9 Å². The van der Waals surface area contributed by atoms with Gasteiger partial charge in [-0.25, -0.2) is 0 Å². The summed E-state index contributed by atoms with van der Waals surface area (Å²) in [6.07, 6.45) is 2.60. The first-order valence-electron chi connectivity index (χ1n) is 8.82. The van der Waals surface area contributed by atoms with Gasteiger partial charge in [-0.2, -0.15) is 5.26 Å². The first-order valence-corrected chi connectivity index (χ1v) is 9.20. The lowest BCUT2D eigenvalue weighted by Crippen LogP contribution is -2.37. The highest BCUT2D eigenvalue weighted by molar-refractivity contribution is 6.30. The van der Waals surface area contributed by atoms with Crippen molar-refractivity contribution >= 4 is 17.5 Å². The molecule has 2 aromatic carbocycles. The highest BCUT2D eigenvalue weighted by Gasteiger charge is 2.27. The minimum atomic E-state index is -0.125. The van der Waals surface area contributed by atoms with Crippen molar-refractivity contribution in [3.63, 3.8) is 0 Å². The highest BCUT2D eigenvalue weighted by Crippen LogP contribution is 2.26. The average Bonchev–Trinajstić information content (AvgIpc) is 3.10. The Kier molecular flexibility index (Phi) is 4.47. The SMILES string of the molecule is Cc1cc(Cl)ccc1-n1ccc(C#N)c1C(=O)N1CCc2ccccc2C1. The van der Waals surface area contributed by atoms with E-state index in [9.17, 15) is 10.1 Å². The summed E-state index contributed by atoms with van der Waals surface area (Å²) in [7, 11) is 0. The number of hydrogen-bond acceptors (Lipinski definition) is 2. The van der Waals surface area contributed by atoms with Crippen LogP contribution in [0.25, 0.3) is 5.69 Å². The molecule has 5 heteroatoms. The van der Waals surface area contributed by atoms with Gasteiger partial charge in [-0.3, -0.25) is 4.79 Å². The van der Waals surface area contributed by atoms with E-state index in [0.717, 1.165) is 23.2 Å². The number of nitriles is 1. The standard InChI is InChI=1S/C22H18ClN3O/c1-15-12-19(23)6-7-20(15)26-11-9-17(13-24)21(26)22(27)25-10-8-16-4-2-3-5-18(16)14-25/h2-7,9,11-12H,8,10,14H2,1H3. The molecule has 0 aliphatic carbocycles. The Hall–Kier alpha value is -3.03. The molecule has 0 saturated carbocycles. The Labute approximate surface area is 163 Å². The predicted molar refractivity (Wildman–Crippen MR) is 105 cm³/mol. The van der Waals surface area contributed by atoms with Gasteiger partial charge in [-0.05, 0) is 54.3 Å². The predicted octanol–water partition coefficient (Wildman–Crippen LogP) is 4.51. The number of halogens is 1. The molecule has 3 aromatic rings. The number of rotatable bonds is 2. The summed E-state index contributed by atoms with van der Waals surface area (Å²) < 4.78 is 1.80. The molecule has 0 saturated heterocycles. The highest BCUT2D eigenvalue weighted by atomic mass is 35.5. The van der Waals surface area contributed by atoms with Crippen LogP contribution in [0.3, 0.4) is 0 Å². The third-order valence-corrected chi connectivity index (χ3v) is 5.28. The quantitative estimate of drug-likeness (QED) is 0.661. The van der Waals surface area contributed by atoms with Crippen molar-refractivity contribution in [2.24, 2.45) is 0 Å². The molecule has 0 fully saturated rings. The van der Waals surface area contributed by atoms with Crippen molar-refractivity contribution in [2.75, 3.05) is 6.54 Å². The summed E-state index contributed by atoms with van der Waals surface area (Å²) >= 11 is 6.07. The topological polar surface area (TPSA) is 49.0 Å². The Balaban J connectivity index is 1.75. The third-order valence-electron chi connectivity index (χ3n) is 5.05. The molecule has 0 N–H and O–H groups in total. The molecular weight excluding hydrogens is 358 g/mol. The summed E-state index contributed by atoms with van der Waals surface area (Å²) in [5, 5.41) is 10.2. The maximum atomic E-state index is 13.4. The van der Waals surface area contributed by atoms with Crippen molar-refractivity contribution < 1.29 is 4.79 Å². The van der Waals surface area contributed by atoms with Crippen LogP contribution < -0.4 is 0 Å². The number of hydrogen-bond donors (Lipinski definition) is 0. The Morgan fingerprint density at radius 2 is 1.93 bits per heavy atom. The van der Waals surface area contributed by atoms with Gasteiger partial charge < -0.3 is 9.47 Å². The van der Waals surface area contributed by atoms with E-state index in [0.29, 0.717) is 29.4 Å². The maximum Gasteiger partial charge on any atom is 0.272 e. The fraction of sp³-hybridized carbons (Fsp3) is 0.182. The van der Waals surface area contributed by atoms with Gasteiger partial charge in [0, 0.05) is 30.0 Å². The molecule has 0 bridgehead atoms. The van der Waals surface area contributed by atoms with Gasteiger partial charge in [0.1, 0.15) is 11.8 Å². The van der Waals surface area contributed by atoms with Crippen LogP contribution in [0.1, 0.15) is 32.7 Å². The van der Waals surface area contributed by atoms with E-state index in [1.165, 1.54) is 5.56 Å². The third kappa shape index (κ3) is 3.11. The van der Waals surface area contributed by atoms with E-state index in [1.807, 2.05) is 36.1 Å². The fourth-order valence-electron chi connectivity index (χ4n) is 3.65. The molecule has 2 heterocycles. The lowest BCUT2D eigenvalue weighted by Gasteiger charge is -2.29. The Morgan fingerprint density at radius 3 is 2.67 bits per heavy atom. The first kappa shape index (κ1) is 17.4. The molecule has 4 rings (SSSR count). The molecule has 0 radical (unpaired) electrons. The second-order valence-corrected chi connectivity index (χ2v) is 7.17. The molecule has 1 aliphatic heterocycles. The Bertz CT molecular complexity index is 1080. The number of fused-ring (bicyclic) bond motifs is 1. The summed E-state index contributed by atoms with van der Waals surface area (Å²) in [6.45, 7) is 3.15. The normalized spacial score (nSPS) is 13.1. The molecule has 1 aromatic heterocycles. The van der Waals surface area contributed by atoms with Crippen molar-refractivity contribution in [3.05, 3.63) is 87.7 Å². The number of aromatic nitrogens is 1. The van der Waals surface area contributed by atoms with Crippen LogP contribution in [0.5, 0.6) is 0 Å². The van der Waals surface area contributed by atoms with E-state index in [1.54, 1.807) is 22.9 Å². The number of nitrogens with zero attached hydrogens (tertiary/aromatic N) is 3. The van der Waals surface area contributed by atoms with Crippen molar-refractivity contribution in [3.8, 4) is 11.8 Å². The van der Waals surface area contributed by atoms with E-state index >= 15 is 0 Å². The fourth-order valence-corrected chi connectivity index (χ4v) is 3.88. The van der Waals surface area contributed by atoms with Gasteiger partial charge in [0.2, 0.25) is 0 Å². The number of amides is 1. The molecule has 134 valence electrons. The molecule has 1 amide bonds. The summed E-state index contributed by atoms with van der Waals surface area (Å²) in [6, 6.07) is 17.6. The van der Waals surface area contributed by atoms with Crippen LogP contribution >= 0.6 is 11.6 Å². The molecular formula is C22H18ClN3O. The van der Waals surface area contributed by atoms with Gasteiger partial charge in [0.15, 0.2) is 0 Å². The zero-order chi connectivity index (χ0) is 19.0. The van der Waals surface area contributed by atoms with Gasteiger partial charge in [0.25, 0.3) is 5.91 Å².